The lowest BCUT2D eigenvalue weighted by molar-refractivity contribution is -0.383. The van der Waals surface area contributed by atoms with Crippen LogP contribution in [0.15, 0.2) is 24.5 Å². The topological polar surface area (TPSA) is 150 Å². The van der Waals surface area contributed by atoms with Crippen LogP contribution in [0.25, 0.3) is 0 Å². The summed E-state index contributed by atoms with van der Waals surface area (Å²) >= 11 is 0. The molecule has 0 radical (unpaired) electrons. The largest absolute Gasteiger partial charge is 0.497 e. The summed E-state index contributed by atoms with van der Waals surface area (Å²) in [6.45, 7) is 0.385. The molecule has 1 N–H and O–H groups in total. The molecule has 11 nitrogen and oxygen atoms in total. The van der Waals surface area contributed by atoms with Crippen molar-refractivity contribution in [3.8, 4) is 23.6 Å². The normalized spacial score (nSPS) is 9.79. The van der Waals surface area contributed by atoms with Crippen molar-refractivity contribution in [1.82, 2.24) is 9.97 Å². The van der Waals surface area contributed by atoms with Gasteiger partial charge >= 0.3 is 5.69 Å². The lowest BCUT2D eigenvalue weighted by atomic mass is 10.2. The van der Waals surface area contributed by atoms with Gasteiger partial charge in [-0.2, -0.15) is 10.5 Å². The zero-order chi connectivity index (χ0) is 21.2. The van der Waals surface area contributed by atoms with E-state index in [1.54, 1.807) is 18.2 Å². The maximum atomic E-state index is 11.8. The number of hydrogen-bond acceptors (Lipinski definition) is 10. The molecule has 0 saturated carbocycles. The second-order valence-electron chi connectivity index (χ2n) is 5.65. The van der Waals surface area contributed by atoms with Crippen molar-refractivity contribution in [2.75, 3.05) is 37.5 Å². The molecular weight excluding hydrogens is 378 g/mol. The summed E-state index contributed by atoms with van der Waals surface area (Å²) in [4.78, 5) is 20.8. The summed E-state index contributed by atoms with van der Waals surface area (Å²) in [6, 6.07) is 8.95. The number of benzene rings is 1. The maximum absolute atomic E-state index is 11.8. The minimum Gasteiger partial charge on any atom is -0.497 e. The van der Waals surface area contributed by atoms with Crippen molar-refractivity contribution >= 4 is 23.0 Å². The van der Waals surface area contributed by atoms with Crippen LogP contribution in [0.1, 0.15) is 12.8 Å². The first kappa shape index (κ1) is 21.2. The van der Waals surface area contributed by atoms with Crippen LogP contribution in [0, 0.1) is 32.8 Å². The Morgan fingerprint density at radius 3 is 2.41 bits per heavy atom. The van der Waals surface area contributed by atoms with Crippen LogP contribution in [0.4, 0.5) is 23.0 Å². The molecule has 0 saturated heterocycles. The first-order valence-corrected chi connectivity index (χ1v) is 8.53. The van der Waals surface area contributed by atoms with Gasteiger partial charge in [-0.1, -0.05) is 0 Å². The summed E-state index contributed by atoms with van der Waals surface area (Å²) in [5.41, 5.74) is 0.0495. The molecule has 0 fully saturated rings. The van der Waals surface area contributed by atoms with Crippen molar-refractivity contribution in [2.45, 2.75) is 12.8 Å². The number of nitrogens with zero attached hydrogens (tertiary/aromatic N) is 6. The van der Waals surface area contributed by atoms with Crippen LogP contribution in [0.3, 0.4) is 0 Å². The van der Waals surface area contributed by atoms with Crippen LogP contribution < -0.4 is 19.7 Å². The standard InChI is InChI=1S/C18H19N7O4/c1-28-13-5-6-15(29-2)14(11-13)23-17-16(25(26)27)18(22-12-21-17)24(9-3-7-19)10-4-8-20/h5-6,11-12H,3-4,9-10H2,1-2H3,(H,21,22,23). The maximum Gasteiger partial charge on any atom is 0.353 e. The molecule has 0 aliphatic rings. The molecule has 1 aromatic carbocycles. The number of methoxy groups -OCH3 is 2. The third-order valence-electron chi connectivity index (χ3n) is 3.93. The van der Waals surface area contributed by atoms with E-state index in [-0.39, 0.29) is 43.3 Å². The van der Waals surface area contributed by atoms with Gasteiger partial charge in [0.05, 0.1) is 49.8 Å². The predicted molar refractivity (Wildman–Crippen MR) is 104 cm³/mol. The minimum atomic E-state index is -0.601. The van der Waals surface area contributed by atoms with Crippen LogP contribution in [-0.2, 0) is 0 Å². The highest BCUT2D eigenvalue weighted by Crippen LogP contribution is 2.37. The minimum absolute atomic E-state index is 0.0277. The van der Waals surface area contributed by atoms with E-state index in [9.17, 15) is 10.1 Å². The molecule has 1 aromatic heterocycles. The summed E-state index contributed by atoms with van der Waals surface area (Å²) in [6.07, 6.45) is 1.43. The number of aromatic nitrogens is 2. The Kier molecular flexibility index (Phi) is 7.51. The van der Waals surface area contributed by atoms with Crippen molar-refractivity contribution in [3.63, 3.8) is 0 Å². The quantitative estimate of drug-likeness (QED) is 0.468. The van der Waals surface area contributed by atoms with Crippen LogP contribution in [0.5, 0.6) is 11.5 Å². The molecule has 0 atom stereocenters. The summed E-state index contributed by atoms with van der Waals surface area (Å²) in [5, 5.41) is 32.5. The highest BCUT2D eigenvalue weighted by atomic mass is 16.6. The lowest BCUT2D eigenvalue weighted by Gasteiger charge is -2.21. The van der Waals surface area contributed by atoms with E-state index in [1.807, 2.05) is 12.1 Å². The van der Waals surface area contributed by atoms with E-state index in [4.69, 9.17) is 20.0 Å². The lowest BCUT2D eigenvalue weighted by Crippen LogP contribution is -2.27. The molecule has 29 heavy (non-hydrogen) atoms. The Bertz CT molecular complexity index is 934. The Balaban J connectivity index is 2.51. The van der Waals surface area contributed by atoms with Gasteiger partial charge < -0.3 is 19.7 Å². The van der Waals surface area contributed by atoms with E-state index in [0.29, 0.717) is 17.2 Å². The molecule has 0 amide bonds. The van der Waals surface area contributed by atoms with Gasteiger partial charge in [0.15, 0.2) is 0 Å². The first-order chi connectivity index (χ1) is 14.0. The molecule has 0 spiro atoms. The number of anilines is 3. The highest BCUT2D eigenvalue weighted by Gasteiger charge is 2.27. The van der Waals surface area contributed by atoms with Gasteiger partial charge in [-0.3, -0.25) is 10.1 Å². The highest BCUT2D eigenvalue weighted by molar-refractivity contribution is 5.77. The predicted octanol–water partition coefficient (Wildman–Crippen LogP) is 2.78. The van der Waals surface area contributed by atoms with E-state index in [2.05, 4.69) is 15.3 Å². The molecule has 2 aromatic rings. The summed E-state index contributed by atoms with van der Waals surface area (Å²) in [7, 11) is 2.97. The molecule has 150 valence electrons. The van der Waals surface area contributed by atoms with Gasteiger partial charge in [-0.05, 0) is 12.1 Å². The summed E-state index contributed by atoms with van der Waals surface area (Å²) in [5.74, 6) is 0.936. The molecule has 0 bridgehead atoms. The average Bonchev–Trinajstić information content (AvgIpc) is 2.73. The smallest absolute Gasteiger partial charge is 0.353 e. The zero-order valence-electron chi connectivity index (χ0n) is 16.0. The number of rotatable bonds is 10. The van der Waals surface area contributed by atoms with Crippen molar-refractivity contribution in [1.29, 1.82) is 10.5 Å². The van der Waals surface area contributed by atoms with Crippen molar-refractivity contribution < 1.29 is 14.4 Å². The third kappa shape index (κ3) is 5.20. The van der Waals surface area contributed by atoms with Gasteiger partial charge in [0, 0.05) is 19.2 Å². The number of hydrogen-bond donors (Lipinski definition) is 1. The average molecular weight is 397 g/mol. The molecule has 0 aliphatic carbocycles. The van der Waals surface area contributed by atoms with Crippen molar-refractivity contribution in [3.05, 3.63) is 34.6 Å². The number of nitriles is 2. The fourth-order valence-corrected chi connectivity index (χ4v) is 2.59. The number of nitrogens with one attached hydrogen (secondary N) is 1. The van der Waals surface area contributed by atoms with Gasteiger partial charge in [0.1, 0.15) is 17.8 Å². The Labute approximate surface area is 167 Å². The number of nitro groups is 1. The SMILES string of the molecule is COc1ccc(OC)c(Nc2ncnc(N(CCC#N)CCC#N)c2[N+](=O)[O-])c1. The Morgan fingerprint density at radius 1 is 1.17 bits per heavy atom. The van der Waals surface area contributed by atoms with Gasteiger partial charge in [0.2, 0.25) is 11.6 Å². The number of ether oxygens (including phenoxy) is 2. The van der Waals surface area contributed by atoms with Gasteiger partial charge in [-0.25, -0.2) is 9.97 Å². The van der Waals surface area contributed by atoms with E-state index in [0.717, 1.165) is 0 Å². The molecule has 1 heterocycles. The Hall–Kier alpha value is -4.12. The van der Waals surface area contributed by atoms with E-state index >= 15 is 0 Å². The molecular formula is C18H19N7O4. The van der Waals surface area contributed by atoms with Crippen LogP contribution >= 0.6 is 0 Å². The third-order valence-corrected chi connectivity index (χ3v) is 3.93. The molecule has 11 heteroatoms. The zero-order valence-corrected chi connectivity index (χ0v) is 16.0. The van der Waals surface area contributed by atoms with E-state index in [1.165, 1.54) is 25.4 Å². The van der Waals surface area contributed by atoms with Gasteiger partial charge in [0.25, 0.3) is 0 Å². The van der Waals surface area contributed by atoms with Crippen LogP contribution in [-0.4, -0.2) is 42.2 Å². The van der Waals surface area contributed by atoms with Crippen molar-refractivity contribution in [2.24, 2.45) is 0 Å². The Morgan fingerprint density at radius 2 is 1.86 bits per heavy atom. The monoisotopic (exact) mass is 397 g/mol. The molecule has 0 aliphatic heterocycles. The van der Waals surface area contributed by atoms with Crippen LogP contribution in [0.2, 0.25) is 0 Å². The second kappa shape index (κ2) is 10.3. The fourth-order valence-electron chi connectivity index (χ4n) is 2.59. The molecule has 0 unspecified atom stereocenters. The fraction of sp³-hybridized carbons (Fsp3) is 0.333. The van der Waals surface area contributed by atoms with E-state index < -0.39 is 4.92 Å². The summed E-state index contributed by atoms with van der Waals surface area (Å²) < 4.78 is 10.5. The van der Waals surface area contributed by atoms with Gasteiger partial charge in [-0.15, -0.1) is 0 Å². The molecule has 2 rings (SSSR count). The second-order valence-corrected chi connectivity index (χ2v) is 5.65. The first-order valence-electron chi connectivity index (χ1n) is 8.53.